The maximum Gasteiger partial charge on any atom is 0.330 e. The summed E-state index contributed by atoms with van der Waals surface area (Å²) in [6.45, 7) is 1.85. The van der Waals surface area contributed by atoms with E-state index < -0.39 is 17.8 Å². The van der Waals surface area contributed by atoms with Crippen LogP contribution in [0.2, 0.25) is 0 Å². The second kappa shape index (κ2) is 5.85. The third kappa shape index (κ3) is 2.76. The molecule has 0 aliphatic carbocycles. The van der Waals surface area contributed by atoms with Gasteiger partial charge in [0.25, 0.3) is 0 Å². The van der Waals surface area contributed by atoms with Gasteiger partial charge in [-0.05, 0) is 25.5 Å². The van der Waals surface area contributed by atoms with Gasteiger partial charge in [-0.3, -0.25) is 4.79 Å². The molecular weight excluding hydrogens is 373 g/mol. The molecule has 2 saturated heterocycles. The maximum absolute atomic E-state index is 13.7. The van der Waals surface area contributed by atoms with Crippen LogP contribution in [0.5, 0.6) is 0 Å². The number of ether oxygens (including phenoxy) is 1. The van der Waals surface area contributed by atoms with E-state index in [-0.39, 0.29) is 17.4 Å². The van der Waals surface area contributed by atoms with Crippen LogP contribution in [-0.4, -0.2) is 33.4 Å². The van der Waals surface area contributed by atoms with E-state index in [1.165, 1.54) is 6.07 Å². The molecule has 0 bridgehead atoms. The van der Waals surface area contributed by atoms with Crippen molar-refractivity contribution in [2.45, 2.75) is 37.3 Å². The Kier molecular flexibility index (Phi) is 4.20. The van der Waals surface area contributed by atoms with Crippen LogP contribution in [0, 0.1) is 5.82 Å². The number of halogens is 2. The number of benzene rings is 1. The van der Waals surface area contributed by atoms with Crippen LogP contribution in [0.3, 0.4) is 0 Å². The molecule has 22 heavy (non-hydrogen) atoms. The Bertz CT molecular complexity index is 641. The van der Waals surface area contributed by atoms with Crippen LogP contribution < -0.4 is 0 Å². The zero-order valence-electron chi connectivity index (χ0n) is 12.0. The Morgan fingerprint density at radius 2 is 2.36 bits per heavy atom. The van der Waals surface area contributed by atoms with E-state index in [9.17, 15) is 14.0 Å². The topological polar surface area (TPSA) is 46.6 Å². The zero-order valence-corrected chi connectivity index (χ0v) is 14.4. The quantitative estimate of drug-likeness (QED) is 0.747. The summed E-state index contributed by atoms with van der Waals surface area (Å²) in [6.07, 6.45) is 1.22. The van der Waals surface area contributed by atoms with Gasteiger partial charge in [0.2, 0.25) is 5.91 Å². The lowest BCUT2D eigenvalue weighted by atomic mass is 10.2. The van der Waals surface area contributed by atoms with E-state index in [0.717, 1.165) is 6.42 Å². The first-order chi connectivity index (χ1) is 10.4. The van der Waals surface area contributed by atoms with E-state index in [4.69, 9.17) is 4.74 Å². The SMILES string of the molecule is C[C@@]12CCC(=O)N1[C@@H](C(=O)OCc1ccc(Br)cc1F)CS2. The van der Waals surface area contributed by atoms with Gasteiger partial charge in [-0.1, -0.05) is 22.0 Å². The fourth-order valence-corrected chi connectivity index (χ4v) is 4.63. The molecule has 2 fully saturated rings. The second-order valence-electron chi connectivity index (χ2n) is 5.61. The number of fused-ring (bicyclic) bond motifs is 1. The Hall–Kier alpha value is -1.08. The Morgan fingerprint density at radius 3 is 3.09 bits per heavy atom. The van der Waals surface area contributed by atoms with Gasteiger partial charge in [0.1, 0.15) is 18.5 Å². The number of thioether (sulfide) groups is 1. The van der Waals surface area contributed by atoms with Crippen molar-refractivity contribution in [1.29, 1.82) is 0 Å². The Balaban J connectivity index is 1.66. The van der Waals surface area contributed by atoms with E-state index in [0.29, 0.717) is 22.2 Å². The van der Waals surface area contributed by atoms with Crippen LogP contribution in [0.15, 0.2) is 22.7 Å². The van der Waals surface area contributed by atoms with E-state index in [1.807, 2.05) is 6.92 Å². The molecule has 3 rings (SSSR count). The van der Waals surface area contributed by atoms with Gasteiger partial charge >= 0.3 is 5.97 Å². The molecule has 0 N–H and O–H groups in total. The van der Waals surface area contributed by atoms with Crippen LogP contribution in [0.1, 0.15) is 25.3 Å². The number of amides is 1. The highest BCUT2D eigenvalue weighted by Gasteiger charge is 2.53. The number of carbonyl (C=O) groups excluding carboxylic acids is 2. The predicted molar refractivity (Wildman–Crippen MR) is 84.6 cm³/mol. The van der Waals surface area contributed by atoms with E-state index >= 15 is 0 Å². The third-order valence-electron chi connectivity index (χ3n) is 4.10. The molecule has 118 valence electrons. The maximum atomic E-state index is 13.7. The standard InChI is InChI=1S/C15H15BrFNO3S/c1-15-5-4-13(19)18(15)12(8-22-15)14(20)21-7-9-2-3-10(16)6-11(9)17/h2-3,6,12H,4-5,7-8H2,1H3/t12-,15-/m1/s1. The molecule has 0 spiro atoms. The van der Waals surface area contributed by atoms with Crippen LogP contribution >= 0.6 is 27.7 Å². The first-order valence-corrected chi connectivity index (χ1v) is 8.75. The minimum absolute atomic E-state index is 0.00993. The number of hydrogen-bond donors (Lipinski definition) is 0. The highest BCUT2D eigenvalue weighted by Crippen LogP contribution is 2.47. The van der Waals surface area contributed by atoms with Gasteiger partial charge in [-0.25, -0.2) is 9.18 Å². The fourth-order valence-electron chi connectivity index (χ4n) is 2.88. The van der Waals surface area contributed by atoms with Crippen molar-refractivity contribution in [2.24, 2.45) is 0 Å². The molecule has 0 saturated carbocycles. The van der Waals surface area contributed by atoms with Crippen molar-refractivity contribution < 1.29 is 18.7 Å². The highest BCUT2D eigenvalue weighted by atomic mass is 79.9. The largest absolute Gasteiger partial charge is 0.459 e. The first kappa shape index (κ1) is 15.8. The third-order valence-corrected chi connectivity index (χ3v) is 6.10. The summed E-state index contributed by atoms with van der Waals surface area (Å²) in [6, 6.07) is 4.03. The molecular formula is C15H15BrFNO3S. The van der Waals surface area contributed by atoms with Crippen molar-refractivity contribution in [3.63, 3.8) is 0 Å². The summed E-state index contributed by atoms with van der Waals surface area (Å²) in [5.41, 5.74) is 0.317. The number of rotatable bonds is 3. The van der Waals surface area contributed by atoms with Crippen LogP contribution in [-0.2, 0) is 20.9 Å². The number of esters is 1. The summed E-state index contributed by atoms with van der Waals surface area (Å²) in [5.74, 6) is -0.368. The first-order valence-electron chi connectivity index (χ1n) is 6.97. The molecule has 2 atom stereocenters. The summed E-state index contributed by atoms with van der Waals surface area (Å²) in [4.78, 5) is 25.6. The minimum atomic E-state index is -0.566. The number of hydrogen-bond acceptors (Lipinski definition) is 4. The van der Waals surface area contributed by atoms with Crippen molar-refractivity contribution in [3.8, 4) is 0 Å². The molecule has 2 heterocycles. The zero-order chi connectivity index (χ0) is 15.9. The Labute approximate surface area is 140 Å². The smallest absolute Gasteiger partial charge is 0.330 e. The van der Waals surface area contributed by atoms with Crippen molar-refractivity contribution >= 4 is 39.6 Å². The van der Waals surface area contributed by atoms with Gasteiger partial charge in [0, 0.05) is 22.2 Å². The number of nitrogens with zero attached hydrogens (tertiary/aromatic N) is 1. The lowest BCUT2D eigenvalue weighted by molar-refractivity contribution is -0.154. The molecule has 0 radical (unpaired) electrons. The summed E-state index contributed by atoms with van der Waals surface area (Å²) < 4.78 is 19.6. The van der Waals surface area contributed by atoms with Gasteiger partial charge in [-0.15, -0.1) is 11.8 Å². The molecule has 0 unspecified atom stereocenters. The average Bonchev–Trinajstić information content (AvgIpc) is 2.95. The van der Waals surface area contributed by atoms with Gasteiger partial charge in [0.05, 0.1) is 4.87 Å². The lowest BCUT2D eigenvalue weighted by Gasteiger charge is -2.29. The summed E-state index contributed by atoms with van der Waals surface area (Å²) >= 11 is 4.78. The normalized spacial score (nSPS) is 27.1. The van der Waals surface area contributed by atoms with E-state index in [2.05, 4.69) is 15.9 Å². The monoisotopic (exact) mass is 387 g/mol. The van der Waals surface area contributed by atoms with E-state index in [1.54, 1.807) is 28.8 Å². The van der Waals surface area contributed by atoms with Gasteiger partial charge in [-0.2, -0.15) is 0 Å². The fraction of sp³-hybridized carbons (Fsp3) is 0.467. The van der Waals surface area contributed by atoms with Crippen molar-refractivity contribution in [2.75, 3.05) is 5.75 Å². The molecule has 1 aromatic rings. The van der Waals surface area contributed by atoms with Crippen molar-refractivity contribution in [3.05, 3.63) is 34.1 Å². The molecule has 1 aromatic carbocycles. The molecule has 4 nitrogen and oxygen atoms in total. The average molecular weight is 388 g/mol. The lowest BCUT2D eigenvalue weighted by Crippen LogP contribution is -2.46. The highest BCUT2D eigenvalue weighted by molar-refractivity contribution is 9.10. The Morgan fingerprint density at radius 1 is 1.59 bits per heavy atom. The molecule has 2 aliphatic heterocycles. The molecule has 1 amide bonds. The summed E-state index contributed by atoms with van der Waals surface area (Å²) in [7, 11) is 0. The van der Waals surface area contributed by atoms with Crippen molar-refractivity contribution in [1.82, 2.24) is 4.90 Å². The van der Waals surface area contributed by atoms with Crippen LogP contribution in [0.4, 0.5) is 4.39 Å². The minimum Gasteiger partial charge on any atom is -0.459 e. The van der Waals surface area contributed by atoms with Gasteiger partial charge < -0.3 is 9.64 Å². The summed E-state index contributed by atoms with van der Waals surface area (Å²) in [5, 5.41) is 0. The predicted octanol–water partition coefficient (Wildman–Crippen LogP) is 3.09. The van der Waals surface area contributed by atoms with Crippen LogP contribution in [0.25, 0.3) is 0 Å². The molecule has 7 heteroatoms. The molecule has 0 aromatic heterocycles. The molecule has 2 aliphatic rings. The second-order valence-corrected chi connectivity index (χ2v) is 8.03. The number of carbonyl (C=O) groups is 2. The van der Waals surface area contributed by atoms with Gasteiger partial charge in [0.15, 0.2) is 0 Å².